The lowest BCUT2D eigenvalue weighted by atomic mass is 9.74. The fourth-order valence-electron chi connectivity index (χ4n) is 5.70. The molecule has 6 rings (SSSR count). The van der Waals surface area contributed by atoms with E-state index in [1.807, 2.05) is 6.07 Å². The van der Waals surface area contributed by atoms with Gasteiger partial charge in [0.15, 0.2) is 12.0 Å². The van der Waals surface area contributed by atoms with Crippen molar-refractivity contribution in [3.63, 3.8) is 0 Å². The number of hydrogen-bond donors (Lipinski definition) is 1. The van der Waals surface area contributed by atoms with Crippen LogP contribution in [-0.4, -0.2) is 16.0 Å². The van der Waals surface area contributed by atoms with E-state index in [4.69, 9.17) is 4.42 Å². The Kier molecular flexibility index (Phi) is 4.77. The predicted octanol–water partition coefficient (Wildman–Crippen LogP) is 6.67. The number of alkyl halides is 3. The quantitative estimate of drug-likeness (QED) is 0.327. The zero-order chi connectivity index (χ0) is 24.5. The number of halogens is 4. The number of para-hydroxylation sites is 1. The SMILES string of the molecule is N#Cc1cc(F)cc2c1[C@@H](c1ccc(-c3cccc4ncoc34)c3c1CC(F)(F)[C@H]3O)CC[C@@H]2F. The molecule has 3 atom stereocenters. The van der Waals surface area contributed by atoms with E-state index in [0.717, 1.165) is 12.1 Å². The first kappa shape index (κ1) is 21.8. The summed E-state index contributed by atoms with van der Waals surface area (Å²) in [5.74, 6) is -4.72. The third-order valence-electron chi connectivity index (χ3n) is 7.19. The van der Waals surface area contributed by atoms with Gasteiger partial charge in [-0.05, 0) is 64.4 Å². The van der Waals surface area contributed by atoms with E-state index >= 15 is 0 Å². The summed E-state index contributed by atoms with van der Waals surface area (Å²) in [6, 6.07) is 12.6. The highest BCUT2D eigenvalue weighted by atomic mass is 19.3. The minimum absolute atomic E-state index is 0.0121. The molecule has 0 bridgehead atoms. The first-order valence-corrected chi connectivity index (χ1v) is 11.2. The van der Waals surface area contributed by atoms with Crippen molar-refractivity contribution in [2.45, 2.75) is 43.4 Å². The van der Waals surface area contributed by atoms with E-state index in [9.17, 15) is 27.9 Å². The largest absolute Gasteiger partial charge is 0.443 e. The van der Waals surface area contributed by atoms with Crippen LogP contribution in [0.4, 0.5) is 17.6 Å². The Labute approximate surface area is 197 Å². The summed E-state index contributed by atoms with van der Waals surface area (Å²) in [5.41, 5.74) is 3.10. The second-order valence-corrected chi connectivity index (χ2v) is 9.11. The van der Waals surface area contributed by atoms with Crippen LogP contribution < -0.4 is 0 Å². The van der Waals surface area contributed by atoms with Crippen molar-refractivity contribution in [3.05, 3.63) is 88.1 Å². The molecule has 0 saturated heterocycles. The summed E-state index contributed by atoms with van der Waals surface area (Å²) in [5, 5.41) is 20.4. The predicted molar refractivity (Wildman–Crippen MR) is 119 cm³/mol. The van der Waals surface area contributed by atoms with E-state index in [0.29, 0.717) is 33.4 Å². The molecule has 8 heteroatoms. The molecule has 0 amide bonds. The van der Waals surface area contributed by atoms with Crippen LogP contribution in [0.15, 0.2) is 53.3 Å². The number of hydrogen-bond acceptors (Lipinski definition) is 4. The van der Waals surface area contributed by atoms with Crippen molar-refractivity contribution in [3.8, 4) is 17.2 Å². The highest BCUT2D eigenvalue weighted by molar-refractivity contribution is 5.92. The Morgan fingerprint density at radius 1 is 1.06 bits per heavy atom. The maximum atomic E-state index is 14.9. The van der Waals surface area contributed by atoms with Crippen LogP contribution in [0.25, 0.3) is 22.2 Å². The molecule has 0 fully saturated rings. The van der Waals surface area contributed by atoms with Gasteiger partial charge >= 0.3 is 0 Å². The van der Waals surface area contributed by atoms with E-state index in [2.05, 4.69) is 4.98 Å². The smallest absolute Gasteiger partial charge is 0.281 e. The van der Waals surface area contributed by atoms with Crippen molar-refractivity contribution in [2.75, 3.05) is 0 Å². The number of fused-ring (bicyclic) bond motifs is 3. The van der Waals surface area contributed by atoms with Gasteiger partial charge in [-0.25, -0.2) is 22.5 Å². The van der Waals surface area contributed by atoms with Crippen molar-refractivity contribution in [1.29, 1.82) is 5.26 Å². The first-order chi connectivity index (χ1) is 16.8. The van der Waals surface area contributed by atoms with Crippen LogP contribution in [-0.2, 0) is 6.42 Å². The third-order valence-corrected chi connectivity index (χ3v) is 7.19. The Balaban J connectivity index is 1.60. The number of aliphatic hydroxyl groups is 1. The number of rotatable bonds is 2. The second-order valence-electron chi connectivity index (χ2n) is 9.11. The van der Waals surface area contributed by atoms with Crippen molar-refractivity contribution < 1.29 is 27.1 Å². The summed E-state index contributed by atoms with van der Waals surface area (Å²) in [4.78, 5) is 4.12. The monoisotopic (exact) mass is 478 g/mol. The van der Waals surface area contributed by atoms with Crippen LogP contribution >= 0.6 is 0 Å². The molecule has 1 N–H and O–H groups in total. The van der Waals surface area contributed by atoms with Gasteiger partial charge in [-0.1, -0.05) is 24.3 Å². The average Bonchev–Trinajstić information content (AvgIpc) is 3.41. The molecule has 0 spiro atoms. The summed E-state index contributed by atoms with van der Waals surface area (Å²) in [6.07, 6.45) is -2.60. The van der Waals surface area contributed by atoms with Crippen molar-refractivity contribution in [2.24, 2.45) is 0 Å². The molecule has 4 aromatic rings. The maximum Gasteiger partial charge on any atom is 0.281 e. The number of nitriles is 1. The molecule has 3 aromatic carbocycles. The van der Waals surface area contributed by atoms with Gasteiger partial charge in [0, 0.05) is 17.9 Å². The maximum absolute atomic E-state index is 14.9. The summed E-state index contributed by atoms with van der Waals surface area (Å²) >= 11 is 0. The number of oxazole rings is 1. The van der Waals surface area contributed by atoms with Gasteiger partial charge in [-0.15, -0.1) is 0 Å². The molecule has 0 radical (unpaired) electrons. The average molecular weight is 478 g/mol. The van der Waals surface area contributed by atoms with Gasteiger partial charge in [-0.3, -0.25) is 0 Å². The van der Waals surface area contributed by atoms with Crippen LogP contribution in [0.3, 0.4) is 0 Å². The molecule has 2 aliphatic carbocycles. The number of aromatic nitrogens is 1. The highest BCUT2D eigenvalue weighted by Crippen LogP contribution is 2.53. The van der Waals surface area contributed by atoms with Gasteiger partial charge in [0.2, 0.25) is 0 Å². The van der Waals surface area contributed by atoms with Gasteiger partial charge in [0.05, 0.1) is 11.6 Å². The molecule has 2 aliphatic rings. The zero-order valence-corrected chi connectivity index (χ0v) is 18.2. The Hall–Kier alpha value is -3.70. The van der Waals surface area contributed by atoms with Crippen LogP contribution in [0.1, 0.15) is 64.4 Å². The van der Waals surface area contributed by atoms with Crippen LogP contribution in [0.2, 0.25) is 0 Å². The minimum Gasteiger partial charge on any atom is -0.443 e. The molecular formula is C27H18F4N2O2. The van der Waals surface area contributed by atoms with E-state index < -0.39 is 36.4 Å². The van der Waals surface area contributed by atoms with Gasteiger partial charge in [0.25, 0.3) is 5.92 Å². The second kappa shape index (κ2) is 7.65. The molecule has 176 valence electrons. The van der Waals surface area contributed by atoms with Gasteiger partial charge in [0.1, 0.15) is 23.6 Å². The molecular weight excluding hydrogens is 460 g/mol. The number of benzene rings is 3. The summed E-state index contributed by atoms with van der Waals surface area (Å²) in [6.45, 7) is 0. The van der Waals surface area contributed by atoms with Crippen molar-refractivity contribution in [1.82, 2.24) is 4.98 Å². The van der Waals surface area contributed by atoms with Crippen LogP contribution in [0.5, 0.6) is 0 Å². The first-order valence-electron chi connectivity index (χ1n) is 11.2. The van der Waals surface area contributed by atoms with E-state index in [1.165, 1.54) is 6.39 Å². The van der Waals surface area contributed by atoms with Crippen LogP contribution in [0, 0.1) is 17.1 Å². The molecule has 1 aromatic heterocycles. The minimum atomic E-state index is -3.41. The lowest BCUT2D eigenvalue weighted by Gasteiger charge is -2.31. The molecule has 1 heterocycles. The lowest BCUT2D eigenvalue weighted by molar-refractivity contribution is -0.0966. The number of nitrogens with zero attached hydrogens (tertiary/aromatic N) is 2. The normalized spacial score (nSPS) is 22.6. The van der Waals surface area contributed by atoms with E-state index in [1.54, 1.807) is 30.3 Å². The van der Waals surface area contributed by atoms with Crippen molar-refractivity contribution >= 4 is 11.1 Å². The summed E-state index contributed by atoms with van der Waals surface area (Å²) in [7, 11) is 0. The van der Waals surface area contributed by atoms with E-state index in [-0.39, 0.29) is 35.1 Å². The molecule has 4 nitrogen and oxygen atoms in total. The lowest BCUT2D eigenvalue weighted by Crippen LogP contribution is -2.22. The molecule has 0 aliphatic heterocycles. The van der Waals surface area contributed by atoms with Gasteiger partial charge in [-0.2, -0.15) is 5.26 Å². The Morgan fingerprint density at radius 2 is 1.89 bits per heavy atom. The molecule has 35 heavy (non-hydrogen) atoms. The third kappa shape index (κ3) is 3.18. The Morgan fingerprint density at radius 3 is 2.69 bits per heavy atom. The molecule has 0 saturated carbocycles. The fourth-order valence-corrected chi connectivity index (χ4v) is 5.70. The standard InChI is InChI=1S/C27H18F4N2O2/c28-14-8-13(11-32)23-16(6-7-21(29)19(23)9-14)15-4-5-17(24-20(15)10-27(30,31)26(24)34)18-2-1-3-22-25(18)35-12-33-22/h1-5,8-9,12,16,21,26,34H,6-7,10H2/t16-,21+,26+/m1/s1. The fraction of sp³-hybridized carbons (Fsp3) is 0.259. The Bertz CT molecular complexity index is 1540. The molecule has 0 unspecified atom stereocenters. The summed E-state index contributed by atoms with van der Waals surface area (Å²) < 4.78 is 64.2. The zero-order valence-electron chi connectivity index (χ0n) is 18.2. The number of aliphatic hydroxyl groups excluding tert-OH is 1. The topological polar surface area (TPSA) is 70.0 Å². The highest BCUT2D eigenvalue weighted by Gasteiger charge is 2.50. The van der Waals surface area contributed by atoms with Gasteiger partial charge < -0.3 is 9.52 Å².